The maximum Gasteiger partial charge on any atom is 0.273 e. The van der Waals surface area contributed by atoms with Gasteiger partial charge in [0.25, 0.3) is 11.5 Å². The molecule has 6 nitrogen and oxygen atoms in total. The molecule has 126 valence electrons. The topological polar surface area (TPSA) is 68.1 Å². The van der Waals surface area contributed by atoms with Gasteiger partial charge in [0.2, 0.25) is 0 Å². The second kappa shape index (κ2) is 5.49. The number of benzene rings is 1. The van der Waals surface area contributed by atoms with Crippen LogP contribution in [0.1, 0.15) is 29.2 Å². The Hall–Kier alpha value is -2.54. The summed E-state index contributed by atoms with van der Waals surface area (Å²) in [5, 5.41) is 2.43. The van der Waals surface area contributed by atoms with E-state index in [0.717, 1.165) is 24.2 Å². The average Bonchev–Trinajstić information content (AvgIpc) is 3.24. The summed E-state index contributed by atoms with van der Waals surface area (Å²) in [6.07, 6.45) is 2.48. The molecule has 3 aromatic rings. The minimum atomic E-state index is -0.0286. The van der Waals surface area contributed by atoms with Gasteiger partial charge in [-0.2, -0.15) is 0 Å². The number of thiazole rings is 1. The van der Waals surface area contributed by atoms with Crippen molar-refractivity contribution in [2.24, 2.45) is 0 Å². The van der Waals surface area contributed by atoms with Crippen molar-refractivity contribution in [2.45, 2.75) is 37.9 Å². The van der Waals surface area contributed by atoms with Crippen LogP contribution in [0, 0.1) is 0 Å². The summed E-state index contributed by atoms with van der Waals surface area (Å²) >= 11 is 1.43. The molecule has 0 aliphatic carbocycles. The van der Waals surface area contributed by atoms with Gasteiger partial charge in [-0.1, -0.05) is 12.1 Å². The quantitative estimate of drug-likeness (QED) is 0.672. The first-order chi connectivity index (χ1) is 12.2. The first-order valence-electron chi connectivity index (χ1n) is 8.41. The molecule has 1 aromatic carbocycles. The molecule has 4 heterocycles. The second-order valence-electron chi connectivity index (χ2n) is 6.64. The summed E-state index contributed by atoms with van der Waals surface area (Å²) in [5.41, 5.74) is 2.90. The van der Waals surface area contributed by atoms with Crippen molar-refractivity contribution < 1.29 is 4.79 Å². The molecule has 2 aromatic heterocycles. The van der Waals surface area contributed by atoms with E-state index in [0.29, 0.717) is 24.0 Å². The maximum absolute atomic E-state index is 12.9. The van der Waals surface area contributed by atoms with Gasteiger partial charge in [0.15, 0.2) is 0 Å². The predicted octanol–water partition coefficient (Wildman–Crippen LogP) is 2.08. The van der Waals surface area contributed by atoms with Gasteiger partial charge in [0.05, 0.1) is 22.5 Å². The number of hydrogen-bond donors (Lipinski definition) is 0. The predicted molar refractivity (Wildman–Crippen MR) is 94.8 cm³/mol. The molecule has 0 saturated carbocycles. The van der Waals surface area contributed by atoms with Gasteiger partial charge in [-0.15, -0.1) is 11.3 Å². The summed E-state index contributed by atoms with van der Waals surface area (Å²) in [4.78, 5) is 36.7. The van der Waals surface area contributed by atoms with Crippen LogP contribution in [0.3, 0.4) is 0 Å². The highest BCUT2D eigenvalue weighted by molar-refractivity contribution is 7.07. The molecule has 0 spiro atoms. The van der Waals surface area contributed by atoms with Crippen molar-refractivity contribution >= 4 is 28.1 Å². The number of carbonyl (C=O) groups is 1. The molecule has 7 heteroatoms. The van der Waals surface area contributed by atoms with Gasteiger partial charge < -0.3 is 4.90 Å². The number of fused-ring (bicyclic) bond motifs is 4. The van der Waals surface area contributed by atoms with E-state index in [1.165, 1.54) is 11.3 Å². The molecule has 1 fully saturated rings. The van der Waals surface area contributed by atoms with E-state index in [-0.39, 0.29) is 23.6 Å². The van der Waals surface area contributed by atoms with Gasteiger partial charge in [0.1, 0.15) is 11.5 Å². The van der Waals surface area contributed by atoms with Crippen molar-refractivity contribution in [1.82, 2.24) is 19.4 Å². The number of amides is 1. The normalized spacial score (nSPS) is 22.0. The van der Waals surface area contributed by atoms with Crippen LogP contribution in [0.5, 0.6) is 0 Å². The molecule has 1 amide bonds. The van der Waals surface area contributed by atoms with E-state index in [2.05, 4.69) is 4.98 Å². The monoisotopic (exact) mass is 352 g/mol. The van der Waals surface area contributed by atoms with Gasteiger partial charge in [-0.25, -0.2) is 9.97 Å². The van der Waals surface area contributed by atoms with E-state index in [4.69, 9.17) is 4.98 Å². The molecular formula is C18H16N4O2S. The minimum absolute atomic E-state index is 0.00536. The summed E-state index contributed by atoms with van der Waals surface area (Å²) in [7, 11) is 0. The van der Waals surface area contributed by atoms with E-state index in [1.807, 2.05) is 29.2 Å². The van der Waals surface area contributed by atoms with Crippen LogP contribution in [-0.4, -0.2) is 37.4 Å². The van der Waals surface area contributed by atoms with Crippen molar-refractivity contribution in [3.05, 3.63) is 57.0 Å². The van der Waals surface area contributed by atoms with E-state index >= 15 is 0 Å². The summed E-state index contributed by atoms with van der Waals surface area (Å²) in [6, 6.07) is 7.56. The molecule has 25 heavy (non-hydrogen) atoms. The summed E-state index contributed by atoms with van der Waals surface area (Å²) in [6.45, 7) is 0.512. The van der Waals surface area contributed by atoms with E-state index < -0.39 is 0 Å². The van der Waals surface area contributed by atoms with E-state index in [9.17, 15) is 9.59 Å². The highest BCUT2D eigenvalue weighted by Gasteiger charge is 2.41. The Bertz CT molecular complexity index is 1030. The lowest BCUT2D eigenvalue weighted by molar-refractivity contribution is 0.0660. The number of aromatic nitrogens is 3. The Morgan fingerprint density at radius 1 is 1.20 bits per heavy atom. The second-order valence-corrected chi connectivity index (χ2v) is 7.35. The van der Waals surface area contributed by atoms with Crippen molar-refractivity contribution in [2.75, 3.05) is 0 Å². The van der Waals surface area contributed by atoms with Crippen LogP contribution in [0.2, 0.25) is 0 Å². The molecule has 0 N–H and O–H groups in total. The molecule has 1 saturated heterocycles. The first-order valence-corrected chi connectivity index (χ1v) is 9.36. The molecule has 0 unspecified atom stereocenters. The summed E-state index contributed by atoms with van der Waals surface area (Å²) < 4.78 is 1.77. The smallest absolute Gasteiger partial charge is 0.273 e. The first kappa shape index (κ1) is 14.8. The average molecular weight is 352 g/mol. The standard InChI is InChI=1S/C18H16N4O2S/c23-17-13-3-1-2-4-14(13)20-16-7-11-5-6-12(8-21(16)17)22(11)18(24)15-9-25-10-19-15/h1-4,9-12H,5-8H2/t11-,12-/m0/s1. The Labute approximate surface area is 147 Å². The van der Waals surface area contributed by atoms with Crippen molar-refractivity contribution in [3.8, 4) is 0 Å². The largest absolute Gasteiger partial charge is 0.329 e. The van der Waals surface area contributed by atoms with Gasteiger partial charge in [0, 0.05) is 24.4 Å². The lowest BCUT2D eigenvalue weighted by atomic mass is 10.1. The molecule has 2 aliphatic heterocycles. The van der Waals surface area contributed by atoms with Crippen LogP contribution in [0.15, 0.2) is 40.0 Å². The molecule has 2 atom stereocenters. The van der Waals surface area contributed by atoms with Crippen molar-refractivity contribution in [1.29, 1.82) is 0 Å². The highest BCUT2D eigenvalue weighted by atomic mass is 32.1. The number of para-hydroxylation sites is 1. The maximum atomic E-state index is 12.9. The van der Waals surface area contributed by atoms with Crippen LogP contribution >= 0.6 is 11.3 Å². The molecule has 0 radical (unpaired) electrons. The number of hydrogen-bond acceptors (Lipinski definition) is 5. The fraction of sp³-hybridized carbons (Fsp3) is 0.333. The molecular weight excluding hydrogens is 336 g/mol. The SMILES string of the molecule is O=C(c1cscn1)N1[C@H]2CC[C@H]1Cn1c(nc3ccccc3c1=O)C2. The van der Waals surface area contributed by atoms with Crippen LogP contribution in [0.4, 0.5) is 0 Å². The zero-order valence-electron chi connectivity index (χ0n) is 13.5. The zero-order valence-corrected chi connectivity index (χ0v) is 14.3. The third-order valence-electron chi connectivity index (χ3n) is 5.26. The Kier molecular flexibility index (Phi) is 3.24. The number of nitrogens with zero attached hydrogens (tertiary/aromatic N) is 4. The molecule has 5 rings (SSSR count). The zero-order chi connectivity index (χ0) is 17.0. The lowest BCUT2D eigenvalue weighted by Crippen LogP contribution is -2.42. The fourth-order valence-electron chi connectivity index (χ4n) is 4.10. The number of carbonyl (C=O) groups excluding carboxylic acids is 1. The molecule has 2 bridgehead atoms. The Balaban J connectivity index is 1.61. The Morgan fingerprint density at radius 3 is 2.88 bits per heavy atom. The van der Waals surface area contributed by atoms with Crippen LogP contribution in [0.25, 0.3) is 10.9 Å². The van der Waals surface area contributed by atoms with Crippen LogP contribution in [-0.2, 0) is 13.0 Å². The fourth-order valence-corrected chi connectivity index (χ4v) is 4.63. The third kappa shape index (κ3) is 2.22. The minimum Gasteiger partial charge on any atom is -0.329 e. The highest BCUT2D eigenvalue weighted by Crippen LogP contribution is 2.32. The number of rotatable bonds is 1. The van der Waals surface area contributed by atoms with Crippen LogP contribution < -0.4 is 5.56 Å². The lowest BCUT2D eigenvalue weighted by Gasteiger charge is -2.27. The third-order valence-corrected chi connectivity index (χ3v) is 5.84. The van der Waals surface area contributed by atoms with Gasteiger partial charge in [-0.3, -0.25) is 14.2 Å². The van der Waals surface area contributed by atoms with E-state index in [1.54, 1.807) is 15.5 Å². The van der Waals surface area contributed by atoms with Gasteiger partial charge >= 0.3 is 0 Å². The van der Waals surface area contributed by atoms with Crippen molar-refractivity contribution in [3.63, 3.8) is 0 Å². The van der Waals surface area contributed by atoms with Gasteiger partial charge in [-0.05, 0) is 25.0 Å². The summed E-state index contributed by atoms with van der Waals surface area (Å²) in [5.74, 6) is 0.756. The molecule has 2 aliphatic rings. The Morgan fingerprint density at radius 2 is 2.04 bits per heavy atom.